The van der Waals surface area contributed by atoms with Crippen molar-refractivity contribution in [3.05, 3.63) is 70.0 Å². The summed E-state index contributed by atoms with van der Waals surface area (Å²) in [7, 11) is 3.10. The number of rotatable bonds is 4. The van der Waals surface area contributed by atoms with Gasteiger partial charge >= 0.3 is 0 Å². The number of aldehydes is 1. The number of benzene rings is 2. The van der Waals surface area contributed by atoms with Crippen LogP contribution in [0.3, 0.4) is 0 Å². The predicted octanol–water partition coefficient (Wildman–Crippen LogP) is 1.44. The highest BCUT2D eigenvalue weighted by Crippen LogP contribution is 2.53. The minimum absolute atomic E-state index is 0.00490. The molecule has 0 bridgehead atoms. The Hall–Kier alpha value is -4.28. The Bertz CT molecular complexity index is 1490. The fourth-order valence-corrected chi connectivity index (χ4v) is 6.26. The van der Waals surface area contributed by atoms with Crippen LogP contribution in [-0.4, -0.2) is 74.8 Å². The summed E-state index contributed by atoms with van der Waals surface area (Å²) in [5.41, 5.74) is 4.02. The van der Waals surface area contributed by atoms with Crippen molar-refractivity contribution in [2.24, 2.45) is 17.6 Å². The van der Waals surface area contributed by atoms with Gasteiger partial charge in [-0.1, -0.05) is 30.3 Å². The first-order valence-corrected chi connectivity index (χ1v) is 12.0. The topological polar surface area (TPSA) is 178 Å². The zero-order valence-corrected chi connectivity index (χ0v) is 20.6. The van der Waals surface area contributed by atoms with Gasteiger partial charge in [-0.3, -0.25) is 24.1 Å². The highest BCUT2D eigenvalue weighted by molar-refractivity contribution is 6.24. The molecule has 1 saturated carbocycles. The number of hydrogen-bond donors (Lipinski definition) is 5. The lowest BCUT2D eigenvalue weighted by Gasteiger charge is -2.50. The number of likely N-dealkylation sites (N-methyl/N-ethyl adjacent to an activating group) is 1. The number of nitrogens with zero attached hydrogens (tertiary/aromatic N) is 1. The van der Waals surface area contributed by atoms with Crippen LogP contribution in [0.2, 0.25) is 0 Å². The van der Waals surface area contributed by atoms with Crippen LogP contribution >= 0.6 is 0 Å². The van der Waals surface area contributed by atoms with E-state index in [4.69, 9.17) is 5.73 Å². The number of carbonyl (C=O) groups is 4. The summed E-state index contributed by atoms with van der Waals surface area (Å²) in [5, 5.41) is 44.6. The lowest BCUT2D eigenvalue weighted by molar-refractivity contribution is -0.153. The molecule has 0 aromatic heterocycles. The first kappa shape index (κ1) is 25.4. The lowest BCUT2D eigenvalue weighted by atomic mass is 9.57. The van der Waals surface area contributed by atoms with Gasteiger partial charge in [0, 0.05) is 17.1 Å². The van der Waals surface area contributed by atoms with E-state index in [2.05, 4.69) is 0 Å². The van der Waals surface area contributed by atoms with Crippen LogP contribution in [0.25, 0.3) is 16.9 Å². The maximum atomic E-state index is 13.9. The Morgan fingerprint density at radius 1 is 1.08 bits per heavy atom. The number of ketones is 2. The van der Waals surface area contributed by atoms with Crippen molar-refractivity contribution in [1.29, 1.82) is 0 Å². The van der Waals surface area contributed by atoms with Gasteiger partial charge in [0.05, 0.1) is 11.6 Å². The Kier molecular flexibility index (Phi) is 5.77. The van der Waals surface area contributed by atoms with Gasteiger partial charge in [-0.05, 0) is 55.6 Å². The summed E-state index contributed by atoms with van der Waals surface area (Å²) in [6.07, 6.45) is 0.893. The molecular formula is C28H26N2O8. The van der Waals surface area contributed by atoms with Crippen molar-refractivity contribution in [1.82, 2.24) is 4.90 Å². The second-order valence-electron chi connectivity index (χ2n) is 10.2. The molecule has 3 aliphatic rings. The maximum absolute atomic E-state index is 13.9. The molecule has 5 rings (SSSR count). The molecule has 3 aliphatic carbocycles. The minimum Gasteiger partial charge on any atom is -0.508 e. The summed E-state index contributed by atoms with van der Waals surface area (Å²) < 4.78 is 0. The van der Waals surface area contributed by atoms with E-state index in [1.54, 1.807) is 44.4 Å². The standard InChI is InChI=1S/C28H26N2O8/c1-30(2)22-17-10-14-9-16-15(13-5-3-12(11-31)4-6-13)7-8-18(32)20(16)23(33)19(14)25(35)28(17,38)26(36)21(24(22)34)27(29)37/h3-8,11,14,17,22,32-33,36,38H,9-10H2,1-2H3,(H2,29,37)/t14-,17-,22-,28-/m0/s1. The summed E-state index contributed by atoms with van der Waals surface area (Å²) in [6.45, 7) is 0. The fraction of sp³-hybridized carbons (Fsp3) is 0.286. The molecule has 10 heteroatoms. The smallest absolute Gasteiger partial charge is 0.255 e. The molecule has 10 nitrogen and oxygen atoms in total. The third-order valence-electron chi connectivity index (χ3n) is 7.96. The Morgan fingerprint density at radius 3 is 2.32 bits per heavy atom. The van der Waals surface area contributed by atoms with Crippen LogP contribution in [0.1, 0.15) is 27.9 Å². The van der Waals surface area contributed by atoms with E-state index in [0.29, 0.717) is 28.5 Å². The number of hydrogen-bond acceptors (Lipinski definition) is 9. The van der Waals surface area contributed by atoms with E-state index < -0.39 is 58.0 Å². The molecule has 6 N–H and O–H groups in total. The molecule has 1 amide bonds. The number of carbonyl (C=O) groups excluding carboxylic acids is 4. The van der Waals surface area contributed by atoms with Gasteiger partial charge in [0.15, 0.2) is 11.4 Å². The van der Waals surface area contributed by atoms with Crippen molar-refractivity contribution in [2.45, 2.75) is 24.5 Å². The summed E-state index contributed by atoms with van der Waals surface area (Å²) >= 11 is 0. The predicted molar refractivity (Wildman–Crippen MR) is 135 cm³/mol. The summed E-state index contributed by atoms with van der Waals surface area (Å²) in [5.74, 6) is -6.92. The van der Waals surface area contributed by atoms with E-state index >= 15 is 0 Å². The number of phenolic OH excluding ortho intramolecular Hbond substituents is 1. The number of primary amides is 1. The molecule has 0 radical (unpaired) electrons. The van der Waals surface area contributed by atoms with E-state index in [1.807, 2.05) is 0 Å². The van der Waals surface area contributed by atoms with Crippen LogP contribution in [0.4, 0.5) is 0 Å². The lowest BCUT2D eigenvalue weighted by Crippen LogP contribution is -2.65. The second kappa shape index (κ2) is 8.64. The molecule has 0 unspecified atom stereocenters. The van der Waals surface area contributed by atoms with E-state index in [-0.39, 0.29) is 29.7 Å². The van der Waals surface area contributed by atoms with Crippen LogP contribution in [-0.2, 0) is 20.8 Å². The molecule has 196 valence electrons. The number of aliphatic hydroxyl groups excluding tert-OH is 2. The first-order chi connectivity index (χ1) is 17.9. The molecule has 0 heterocycles. The Balaban J connectivity index is 1.72. The van der Waals surface area contributed by atoms with Gasteiger partial charge in [0.2, 0.25) is 5.78 Å². The van der Waals surface area contributed by atoms with Crippen molar-refractivity contribution >= 4 is 29.5 Å². The summed E-state index contributed by atoms with van der Waals surface area (Å²) in [6, 6.07) is 8.62. The van der Waals surface area contributed by atoms with Crippen molar-refractivity contribution in [3.63, 3.8) is 0 Å². The zero-order chi connectivity index (χ0) is 27.7. The molecule has 0 spiro atoms. The zero-order valence-electron chi connectivity index (χ0n) is 20.6. The number of aromatic hydroxyl groups is 1. The SMILES string of the molecule is CN(C)[C@@H]1C(=O)C(C(N)=O)=C(O)[C@@]2(O)C(=O)C3=C(O)c4c(O)ccc(-c5ccc(C=O)cc5)c4C[C@H]3C[C@@H]12. The molecule has 0 saturated heterocycles. The van der Waals surface area contributed by atoms with Crippen LogP contribution in [0, 0.1) is 11.8 Å². The van der Waals surface area contributed by atoms with Crippen LogP contribution < -0.4 is 5.73 Å². The monoisotopic (exact) mass is 518 g/mol. The minimum atomic E-state index is -2.68. The molecule has 2 aromatic carbocycles. The van der Waals surface area contributed by atoms with Gasteiger partial charge in [-0.2, -0.15) is 0 Å². The van der Waals surface area contributed by atoms with Crippen molar-refractivity contribution in [3.8, 4) is 16.9 Å². The quantitative estimate of drug-likeness (QED) is 0.296. The van der Waals surface area contributed by atoms with Crippen LogP contribution in [0.15, 0.2) is 53.3 Å². The second-order valence-corrected chi connectivity index (χ2v) is 10.2. The highest BCUT2D eigenvalue weighted by Gasteiger charge is 2.64. The fourth-order valence-electron chi connectivity index (χ4n) is 6.26. The molecule has 0 aliphatic heterocycles. The molecular weight excluding hydrogens is 492 g/mol. The third kappa shape index (κ3) is 3.34. The maximum Gasteiger partial charge on any atom is 0.255 e. The van der Waals surface area contributed by atoms with E-state index in [9.17, 15) is 39.6 Å². The molecule has 2 aromatic rings. The highest BCUT2D eigenvalue weighted by atomic mass is 16.3. The van der Waals surface area contributed by atoms with Gasteiger partial charge < -0.3 is 26.2 Å². The first-order valence-electron chi connectivity index (χ1n) is 12.0. The number of fused-ring (bicyclic) bond motifs is 3. The largest absolute Gasteiger partial charge is 0.508 e. The molecule has 4 atom stereocenters. The normalized spacial score (nSPS) is 26.7. The number of amides is 1. The molecule has 38 heavy (non-hydrogen) atoms. The van der Waals surface area contributed by atoms with Gasteiger partial charge in [0.1, 0.15) is 29.1 Å². The Morgan fingerprint density at radius 2 is 1.74 bits per heavy atom. The Labute approximate surface area is 217 Å². The van der Waals surface area contributed by atoms with Gasteiger partial charge in [0.25, 0.3) is 5.91 Å². The number of aliphatic hydroxyl groups is 3. The summed E-state index contributed by atoms with van der Waals surface area (Å²) in [4.78, 5) is 51.7. The number of phenols is 1. The van der Waals surface area contributed by atoms with E-state index in [1.165, 1.54) is 11.0 Å². The average molecular weight is 519 g/mol. The van der Waals surface area contributed by atoms with Crippen molar-refractivity contribution in [2.75, 3.05) is 14.1 Å². The number of Topliss-reactive ketones (excluding diaryl/α,β-unsaturated/α-hetero) is 2. The van der Waals surface area contributed by atoms with Gasteiger partial charge in [-0.15, -0.1) is 0 Å². The van der Waals surface area contributed by atoms with Crippen LogP contribution in [0.5, 0.6) is 5.75 Å². The average Bonchev–Trinajstić information content (AvgIpc) is 2.86. The number of nitrogens with two attached hydrogens (primary N) is 1. The molecule has 1 fully saturated rings. The van der Waals surface area contributed by atoms with Gasteiger partial charge in [-0.25, -0.2) is 0 Å². The van der Waals surface area contributed by atoms with E-state index in [0.717, 1.165) is 0 Å². The third-order valence-corrected chi connectivity index (χ3v) is 7.96. The van der Waals surface area contributed by atoms with Crippen molar-refractivity contribution < 1.29 is 39.6 Å².